The summed E-state index contributed by atoms with van der Waals surface area (Å²) in [5.74, 6) is -0.325. The molecule has 3 aromatic rings. The molecular weight excluding hydrogens is 465 g/mol. The van der Waals surface area contributed by atoms with Gasteiger partial charge in [0.2, 0.25) is 0 Å². The molecule has 0 aliphatic rings. The number of hydrogen-bond donors (Lipinski definition) is 2. The SMILES string of the molecule is N#Cc1ccc(CNC(=O)c2cc(Cl)cc(OCc3ccc(Cl)cc3)c2)c(OCC(N)=O)c1. The van der Waals surface area contributed by atoms with Gasteiger partial charge in [0.25, 0.3) is 11.8 Å². The summed E-state index contributed by atoms with van der Waals surface area (Å²) in [6.45, 7) is 0.0227. The van der Waals surface area contributed by atoms with Crippen LogP contribution in [0.25, 0.3) is 0 Å². The molecule has 0 saturated heterocycles. The maximum atomic E-state index is 12.7. The number of nitrogens with one attached hydrogen (secondary N) is 1. The van der Waals surface area contributed by atoms with Gasteiger partial charge in [-0.05, 0) is 48.0 Å². The highest BCUT2D eigenvalue weighted by molar-refractivity contribution is 6.31. The van der Waals surface area contributed by atoms with Crippen LogP contribution < -0.4 is 20.5 Å². The Morgan fingerprint density at radius 1 is 0.970 bits per heavy atom. The smallest absolute Gasteiger partial charge is 0.255 e. The Balaban J connectivity index is 1.68. The summed E-state index contributed by atoms with van der Waals surface area (Å²) < 4.78 is 11.1. The summed E-state index contributed by atoms with van der Waals surface area (Å²) in [6.07, 6.45) is 0. The lowest BCUT2D eigenvalue weighted by atomic mass is 10.1. The van der Waals surface area contributed by atoms with E-state index in [4.69, 9.17) is 43.7 Å². The molecule has 0 aromatic heterocycles. The zero-order chi connectivity index (χ0) is 23.8. The van der Waals surface area contributed by atoms with Gasteiger partial charge in [-0.2, -0.15) is 5.26 Å². The van der Waals surface area contributed by atoms with Crippen LogP contribution in [0.5, 0.6) is 11.5 Å². The van der Waals surface area contributed by atoms with Crippen molar-refractivity contribution in [3.8, 4) is 17.6 Å². The molecule has 3 rings (SSSR count). The summed E-state index contributed by atoms with van der Waals surface area (Å²) in [4.78, 5) is 23.8. The Morgan fingerprint density at radius 2 is 1.73 bits per heavy atom. The molecule has 0 atom stereocenters. The monoisotopic (exact) mass is 483 g/mol. The number of hydrogen-bond acceptors (Lipinski definition) is 5. The number of carbonyl (C=O) groups is 2. The molecule has 0 aliphatic heterocycles. The Morgan fingerprint density at radius 3 is 2.42 bits per heavy atom. The average Bonchev–Trinajstić information content (AvgIpc) is 2.80. The molecule has 0 spiro atoms. The summed E-state index contributed by atoms with van der Waals surface area (Å²) in [6, 6.07) is 18.6. The topological polar surface area (TPSA) is 114 Å². The molecule has 0 heterocycles. The third-order valence-corrected chi connectivity index (χ3v) is 4.93. The van der Waals surface area contributed by atoms with Crippen LogP contribution in [0.1, 0.15) is 27.0 Å². The van der Waals surface area contributed by atoms with Gasteiger partial charge < -0.3 is 20.5 Å². The second-order valence-corrected chi connectivity index (χ2v) is 7.84. The molecular formula is C24H19Cl2N3O4. The van der Waals surface area contributed by atoms with E-state index in [1.54, 1.807) is 36.4 Å². The van der Waals surface area contributed by atoms with Crippen LogP contribution in [-0.4, -0.2) is 18.4 Å². The number of nitrogens with two attached hydrogens (primary N) is 1. The van der Waals surface area contributed by atoms with Gasteiger partial charge in [-0.25, -0.2) is 0 Å². The second kappa shape index (κ2) is 11.2. The molecule has 0 radical (unpaired) electrons. The van der Waals surface area contributed by atoms with Crippen LogP contribution in [0.4, 0.5) is 0 Å². The average molecular weight is 484 g/mol. The lowest BCUT2D eigenvalue weighted by Crippen LogP contribution is -2.24. The van der Waals surface area contributed by atoms with Crippen LogP contribution in [0.15, 0.2) is 60.7 Å². The van der Waals surface area contributed by atoms with E-state index in [0.29, 0.717) is 32.5 Å². The number of primary amides is 1. The van der Waals surface area contributed by atoms with Crippen LogP contribution in [0.3, 0.4) is 0 Å². The third kappa shape index (κ3) is 7.14. The number of nitrogens with zero attached hydrogens (tertiary/aromatic N) is 1. The van der Waals surface area contributed by atoms with E-state index in [1.165, 1.54) is 12.1 Å². The fourth-order valence-corrected chi connectivity index (χ4v) is 3.21. The number of carbonyl (C=O) groups excluding carboxylic acids is 2. The standard InChI is InChI=1S/C24H19Cl2N3O4/c25-19-5-2-15(3-6-19)13-32-21-9-18(8-20(26)10-21)24(31)29-12-17-4-1-16(11-27)7-22(17)33-14-23(28)30/h1-10H,12-14H2,(H2,28,30)(H,29,31). The number of nitriles is 1. The first-order valence-corrected chi connectivity index (χ1v) is 10.5. The van der Waals surface area contributed by atoms with Crippen molar-refractivity contribution in [2.75, 3.05) is 6.61 Å². The molecule has 0 bridgehead atoms. The van der Waals surface area contributed by atoms with E-state index >= 15 is 0 Å². The van der Waals surface area contributed by atoms with Crippen molar-refractivity contribution in [1.29, 1.82) is 5.26 Å². The minimum absolute atomic E-state index is 0.0894. The van der Waals surface area contributed by atoms with Crippen molar-refractivity contribution in [3.05, 3.63) is 93.0 Å². The van der Waals surface area contributed by atoms with Gasteiger partial charge in [-0.3, -0.25) is 9.59 Å². The molecule has 3 aromatic carbocycles. The molecule has 2 amide bonds. The minimum atomic E-state index is -0.655. The number of amides is 2. The lowest BCUT2D eigenvalue weighted by Gasteiger charge is -2.13. The van der Waals surface area contributed by atoms with Gasteiger partial charge in [-0.15, -0.1) is 0 Å². The summed E-state index contributed by atoms with van der Waals surface area (Å²) in [5.41, 5.74) is 7.27. The van der Waals surface area contributed by atoms with E-state index in [2.05, 4.69) is 5.32 Å². The number of rotatable bonds is 9. The van der Waals surface area contributed by atoms with Gasteiger partial charge in [-0.1, -0.05) is 41.4 Å². The van der Waals surface area contributed by atoms with Crippen molar-refractivity contribution in [3.63, 3.8) is 0 Å². The largest absolute Gasteiger partial charge is 0.489 e. The van der Waals surface area contributed by atoms with Crippen LogP contribution >= 0.6 is 23.2 Å². The molecule has 3 N–H and O–H groups in total. The predicted octanol–water partition coefficient (Wildman–Crippen LogP) is 4.24. The molecule has 9 heteroatoms. The number of benzene rings is 3. The van der Waals surface area contributed by atoms with Crippen molar-refractivity contribution < 1.29 is 19.1 Å². The minimum Gasteiger partial charge on any atom is -0.489 e. The van der Waals surface area contributed by atoms with E-state index in [0.717, 1.165) is 5.56 Å². The molecule has 0 unspecified atom stereocenters. The van der Waals surface area contributed by atoms with E-state index in [9.17, 15) is 9.59 Å². The van der Waals surface area contributed by atoms with Crippen molar-refractivity contribution >= 4 is 35.0 Å². The molecule has 0 saturated carbocycles. The quantitative estimate of drug-likeness (QED) is 0.472. The summed E-state index contributed by atoms with van der Waals surface area (Å²) >= 11 is 12.1. The van der Waals surface area contributed by atoms with E-state index < -0.39 is 5.91 Å². The highest BCUT2D eigenvalue weighted by Gasteiger charge is 2.12. The van der Waals surface area contributed by atoms with Crippen molar-refractivity contribution in [1.82, 2.24) is 5.32 Å². The predicted molar refractivity (Wildman–Crippen MR) is 124 cm³/mol. The van der Waals surface area contributed by atoms with Gasteiger partial charge in [0.05, 0.1) is 11.6 Å². The Labute approximate surface area is 200 Å². The fraction of sp³-hybridized carbons (Fsp3) is 0.125. The molecule has 0 fully saturated rings. The lowest BCUT2D eigenvalue weighted by molar-refractivity contribution is -0.119. The maximum absolute atomic E-state index is 12.7. The maximum Gasteiger partial charge on any atom is 0.255 e. The van der Waals surface area contributed by atoms with Gasteiger partial charge in [0.15, 0.2) is 6.61 Å². The highest BCUT2D eigenvalue weighted by Crippen LogP contribution is 2.24. The Hall–Kier alpha value is -3.73. The van der Waals surface area contributed by atoms with Crippen molar-refractivity contribution in [2.45, 2.75) is 13.2 Å². The summed E-state index contributed by atoms with van der Waals surface area (Å²) in [5, 5.41) is 12.8. The fourth-order valence-electron chi connectivity index (χ4n) is 2.86. The van der Waals surface area contributed by atoms with Gasteiger partial charge >= 0.3 is 0 Å². The summed E-state index contributed by atoms with van der Waals surface area (Å²) in [7, 11) is 0. The van der Waals surface area contributed by atoms with Crippen LogP contribution in [0.2, 0.25) is 10.0 Å². The molecule has 168 valence electrons. The van der Waals surface area contributed by atoms with Crippen LogP contribution in [-0.2, 0) is 17.9 Å². The third-order valence-electron chi connectivity index (χ3n) is 4.46. The van der Waals surface area contributed by atoms with E-state index in [1.807, 2.05) is 18.2 Å². The van der Waals surface area contributed by atoms with Crippen LogP contribution in [0, 0.1) is 11.3 Å². The zero-order valence-electron chi connectivity index (χ0n) is 17.3. The highest BCUT2D eigenvalue weighted by atomic mass is 35.5. The first-order chi connectivity index (χ1) is 15.8. The number of ether oxygens (including phenoxy) is 2. The Kier molecular flexibility index (Phi) is 8.14. The molecule has 33 heavy (non-hydrogen) atoms. The van der Waals surface area contributed by atoms with E-state index in [-0.39, 0.29) is 31.4 Å². The first-order valence-electron chi connectivity index (χ1n) is 9.74. The van der Waals surface area contributed by atoms with Gasteiger partial charge in [0.1, 0.15) is 18.1 Å². The normalized spacial score (nSPS) is 10.2. The second-order valence-electron chi connectivity index (χ2n) is 6.96. The zero-order valence-corrected chi connectivity index (χ0v) is 18.8. The Bertz CT molecular complexity index is 1210. The van der Waals surface area contributed by atoms with Gasteiger partial charge in [0, 0.05) is 27.7 Å². The first kappa shape index (κ1) is 23.9. The molecule has 7 nitrogen and oxygen atoms in total. The van der Waals surface area contributed by atoms with Crippen molar-refractivity contribution in [2.24, 2.45) is 5.73 Å². The number of halogens is 2. The molecule has 0 aliphatic carbocycles.